The van der Waals surface area contributed by atoms with Gasteiger partial charge in [-0.2, -0.15) is 0 Å². The Bertz CT molecular complexity index is 501. The molecule has 0 bridgehead atoms. The molecule has 0 saturated carbocycles. The molecule has 1 unspecified atom stereocenters. The van der Waals surface area contributed by atoms with Crippen molar-refractivity contribution in [2.75, 3.05) is 13.7 Å². The zero-order chi connectivity index (χ0) is 15.9. The molecule has 0 aromatic heterocycles. The van der Waals surface area contributed by atoms with E-state index in [0.717, 1.165) is 12.0 Å². The maximum Gasteiger partial charge on any atom is 0.331 e. The first-order valence-electron chi connectivity index (χ1n) is 7.00. The van der Waals surface area contributed by atoms with E-state index in [9.17, 15) is 9.59 Å². The Labute approximate surface area is 125 Å². The van der Waals surface area contributed by atoms with E-state index in [-0.39, 0.29) is 12.5 Å². The molecule has 0 aliphatic rings. The molecule has 1 aromatic carbocycles. The lowest BCUT2D eigenvalue weighted by molar-refractivity contribution is -0.150. The van der Waals surface area contributed by atoms with E-state index in [1.165, 1.54) is 7.11 Å². The molecule has 116 valence electrons. The van der Waals surface area contributed by atoms with Gasteiger partial charge in [-0.05, 0) is 38.0 Å². The molecular weight excluding hydrogens is 270 g/mol. The Morgan fingerprint density at radius 1 is 1.33 bits per heavy atom. The number of hydrogen-bond acceptors (Lipinski definition) is 4. The molecule has 5 heteroatoms. The highest BCUT2D eigenvalue weighted by molar-refractivity contribution is 5.88. The summed E-state index contributed by atoms with van der Waals surface area (Å²) >= 11 is 0. The number of benzene rings is 1. The maximum absolute atomic E-state index is 12.0. The first kappa shape index (κ1) is 17.0. The molecule has 1 atom stereocenters. The van der Waals surface area contributed by atoms with E-state index < -0.39 is 11.5 Å². The van der Waals surface area contributed by atoms with Gasteiger partial charge in [0.1, 0.15) is 11.3 Å². The summed E-state index contributed by atoms with van der Waals surface area (Å²) in [5.74, 6) is -0.175. The predicted octanol–water partition coefficient (Wildman–Crippen LogP) is 2.22. The van der Waals surface area contributed by atoms with Crippen LogP contribution in [0.25, 0.3) is 0 Å². The normalized spacial score (nSPS) is 13.1. The second-order valence-electron chi connectivity index (χ2n) is 5.23. The van der Waals surface area contributed by atoms with Gasteiger partial charge in [-0.1, -0.05) is 25.5 Å². The summed E-state index contributed by atoms with van der Waals surface area (Å²) in [6.45, 7) is 5.41. The zero-order valence-corrected chi connectivity index (χ0v) is 13.1. The number of methoxy groups -OCH3 is 1. The summed E-state index contributed by atoms with van der Waals surface area (Å²) in [6, 6.07) is 7.44. The lowest BCUT2D eigenvalue weighted by Gasteiger charge is -2.27. The highest BCUT2D eigenvalue weighted by Crippen LogP contribution is 2.15. The fourth-order valence-corrected chi connectivity index (χ4v) is 2.14. The number of ether oxygens (including phenoxy) is 2. The number of esters is 1. The zero-order valence-electron chi connectivity index (χ0n) is 13.1. The maximum atomic E-state index is 12.0. The highest BCUT2D eigenvalue weighted by Gasteiger charge is 2.35. The Kier molecular flexibility index (Phi) is 6.21. The smallest absolute Gasteiger partial charge is 0.331 e. The molecule has 1 amide bonds. The molecular formula is C16H23NO4. The van der Waals surface area contributed by atoms with E-state index >= 15 is 0 Å². The van der Waals surface area contributed by atoms with Crippen molar-refractivity contribution >= 4 is 11.9 Å². The average Bonchev–Trinajstić information content (AvgIpc) is 2.44. The summed E-state index contributed by atoms with van der Waals surface area (Å²) in [4.78, 5) is 23.8. The Morgan fingerprint density at radius 3 is 2.62 bits per heavy atom. The molecule has 0 heterocycles. The third-order valence-electron chi connectivity index (χ3n) is 3.16. The molecule has 1 aromatic rings. The van der Waals surface area contributed by atoms with Crippen molar-refractivity contribution in [2.45, 2.75) is 39.2 Å². The Morgan fingerprint density at radius 2 is 2.05 bits per heavy atom. The molecule has 0 radical (unpaired) electrons. The second kappa shape index (κ2) is 7.67. The number of carbonyl (C=O) groups is 2. The van der Waals surface area contributed by atoms with Gasteiger partial charge in [0.15, 0.2) is 6.61 Å². The predicted molar refractivity (Wildman–Crippen MR) is 80.1 cm³/mol. The molecule has 0 fully saturated rings. The van der Waals surface area contributed by atoms with Crippen molar-refractivity contribution in [3.63, 3.8) is 0 Å². The summed E-state index contributed by atoms with van der Waals surface area (Å²) in [6.07, 6.45) is 1.26. The minimum atomic E-state index is -1.02. The summed E-state index contributed by atoms with van der Waals surface area (Å²) in [5, 5.41) is 2.69. The van der Waals surface area contributed by atoms with E-state index in [1.807, 2.05) is 32.0 Å². The molecule has 5 nitrogen and oxygen atoms in total. The van der Waals surface area contributed by atoms with Crippen LogP contribution in [0.3, 0.4) is 0 Å². The van der Waals surface area contributed by atoms with Crippen molar-refractivity contribution in [1.29, 1.82) is 0 Å². The SMILES string of the molecule is CCCC(C)(NC(=O)COc1cccc(C)c1)C(=O)OC. The highest BCUT2D eigenvalue weighted by atomic mass is 16.5. The van der Waals surface area contributed by atoms with Gasteiger partial charge in [0.25, 0.3) is 5.91 Å². The van der Waals surface area contributed by atoms with Crippen LogP contribution in [-0.2, 0) is 14.3 Å². The van der Waals surface area contributed by atoms with Crippen LogP contribution < -0.4 is 10.1 Å². The molecule has 1 rings (SSSR count). The first-order chi connectivity index (χ1) is 9.91. The first-order valence-corrected chi connectivity index (χ1v) is 7.00. The Balaban J connectivity index is 2.60. The Hall–Kier alpha value is -2.04. The van der Waals surface area contributed by atoms with Crippen molar-refractivity contribution in [1.82, 2.24) is 5.32 Å². The van der Waals surface area contributed by atoms with Gasteiger partial charge in [-0.3, -0.25) is 4.79 Å². The monoisotopic (exact) mass is 293 g/mol. The second-order valence-corrected chi connectivity index (χ2v) is 5.23. The number of carbonyl (C=O) groups excluding carboxylic acids is 2. The van der Waals surface area contributed by atoms with Crippen LogP contribution in [-0.4, -0.2) is 31.1 Å². The number of hydrogen-bond donors (Lipinski definition) is 1. The third kappa shape index (κ3) is 5.10. The van der Waals surface area contributed by atoms with Gasteiger partial charge < -0.3 is 14.8 Å². The van der Waals surface area contributed by atoms with E-state index in [1.54, 1.807) is 13.0 Å². The standard InChI is InChI=1S/C16H23NO4/c1-5-9-16(3,15(19)20-4)17-14(18)11-21-13-8-6-7-12(2)10-13/h6-8,10H,5,9,11H2,1-4H3,(H,17,18). The largest absolute Gasteiger partial charge is 0.484 e. The van der Waals surface area contributed by atoms with Gasteiger partial charge in [0.05, 0.1) is 7.11 Å². The fourth-order valence-electron chi connectivity index (χ4n) is 2.14. The summed E-state index contributed by atoms with van der Waals surface area (Å²) in [5.41, 5.74) is 0.0367. The third-order valence-corrected chi connectivity index (χ3v) is 3.16. The van der Waals surface area contributed by atoms with Crippen molar-refractivity contribution in [3.05, 3.63) is 29.8 Å². The van der Waals surface area contributed by atoms with Crippen LogP contribution in [0.15, 0.2) is 24.3 Å². The van der Waals surface area contributed by atoms with Crippen molar-refractivity contribution < 1.29 is 19.1 Å². The molecule has 21 heavy (non-hydrogen) atoms. The number of aryl methyl sites for hydroxylation is 1. The van der Waals surface area contributed by atoms with Gasteiger partial charge in [0.2, 0.25) is 0 Å². The van der Waals surface area contributed by atoms with Gasteiger partial charge in [-0.25, -0.2) is 4.79 Å². The van der Waals surface area contributed by atoms with Crippen LogP contribution in [0.2, 0.25) is 0 Å². The van der Waals surface area contributed by atoms with Crippen molar-refractivity contribution in [2.24, 2.45) is 0 Å². The van der Waals surface area contributed by atoms with Crippen LogP contribution in [0, 0.1) is 6.92 Å². The van der Waals surface area contributed by atoms with Gasteiger partial charge in [-0.15, -0.1) is 0 Å². The van der Waals surface area contributed by atoms with Gasteiger partial charge in [0, 0.05) is 0 Å². The molecule has 0 aliphatic heterocycles. The van der Waals surface area contributed by atoms with Gasteiger partial charge >= 0.3 is 5.97 Å². The van der Waals surface area contributed by atoms with E-state index in [4.69, 9.17) is 9.47 Å². The molecule has 0 aliphatic carbocycles. The van der Waals surface area contributed by atoms with E-state index in [2.05, 4.69) is 5.32 Å². The fraction of sp³-hybridized carbons (Fsp3) is 0.500. The average molecular weight is 293 g/mol. The van der Waals surface area contributed by atoms with E-state index in [0.29, 0.717) is 12.2 Å². The van der Waals surface area contributed by atoms with Crippen LogP contribution in [0.5, 0.6) is 5.75 Å². The number of nitrogens with one attached hydrogen (secondary N) is 1. The lowest BCUT2D eigenvalue weighted by atomic mass is 9.96. The summed E-state index contributed by atoms with van der Waals surface area (Å²) < 4.78 is 10.2. The minimum Gasteiger partial charge on any atom is -0.484 e. The minimum absolute atomic E-state index is 0.139. The van der Waals surface area contributed by atoms with Crippen LogP contribution >= 0.6 is 0 Å². The quantitative estimate of drug-likeness (QED) is 0.783. The van der Waals surface area contributed by atoms with Crippen LogP contribution in [0.4, 0.5) is 0 Å². The summed E-state index contributed by atoms with van der Waals surface area (Å²) in [7, 11) is 1.31. The topological polar surface area (TPSA) is 64.6 Å². The molecule has 0 saturated heterocycles. The molecule has 1 N–H and O–H groups in total. The molecule has 0 spiro atoms. The number of rotatable bonds is 7. The van der Waals surface area contributed by atoms with Crippen molar-refractivity contribution in [3.8, 4) is 5.75 Å². The lowest BCUT2D eigenvalue weighted by Crippen LogP contribution is -2.53. The van der Waals surface area contributed by atoms with Crippen LogP contribution in [0.1, 0.15) is 32.3 Å². The number of amides is 1.